The van der Waals surface area contributed by atoms with Gasteiger partial charge >= 0.3 is 6.03 Å². The lowest BCUT2D eigenvalue weighted by Crippen LogP contribution is -2.46. The zero-order valence-electron chi connectivity index (χ0n) is 13.5. The molecule has 0 aromatic carbocycles. The Morgan fingerprint density at radius 2 is 2.39 bits per heavy atom. The smallest absolute Gasteiger partial charge is 0.317 e. The first-order chi connectivity index (χ1) is 11.2. The molecule has 23 heavy (non-hydrogen) atoms. The summed E-state index contributed by atoms with van der Waals surface area (Å²) in [6, 6.07) is 4.01. The number of likely N-dealkylation sites (tertiary alicyclic amines) is 1. The Bertz CT molecular complexity index is 682. The highest BCUT2D eigenvalue weighted by Crippen LogP contribution is 2.15. The maximum atomic E-state index is 12.2. The van der Waals surface area contributed by atoms with Gasteiger partial charge in [-0.3, -0.25) is 0 Å². The van der Waals surface area contributed by atoms with Crippen LogP contribution in [0.5, 0.6) is 0 Å². The molecule has 3 rings (SSSR count). The number of carbonyl (C=O) groups excluding carboxylic acids is 1. The van der Waals surface area contributed by atoms with Crippen LogP contribution < -0.4 is 5.32 Å². The number of fused-ring (bicyclic) bond motifs is 1. The van der Waals surface area contributed by atoms with Crippen molar-refractivity contribution < 1.29 is 9.90 Å². The monoisotopic (exact) mass is 316 g/mol. The average molecular weight is 316 g/mol. The van der Waals surface area contributed by atoms with Crippen molar-refractivity contribution in [2.24, 2.45) is 5.92 Å². The average Bonchev–Trinajstić information content (AvgIpc) is 2.99. The van der Waals surface area contributed by atoms with Gasteiger partial charge in [-0.25, -0.2) is 9.78 Å². The summed E-state index contributed by atoms with van der Waals surface area (Å²) in [4.78, 5) is 18.6. The largest absolute Gasteiger partial charge is 0.396 e. The standard InChI is InChI=1S/C17H24N4O2/c1-13-4-2-8-20-11-15(19-16(13)20)6-7-18-17(23)21-9-3-5-14(10-21)12-22/h2,4,8,11,14,22H,3,5-7,9-10,12H2,1H3,(H,18,23). The van der Waals surface area contributed by atoms with E-state index in [4.69, 9.17) is 0 Å². The van der Waals surface area contributed by atoms with Crippen LogP contribution in [0.25, 0.3) is 5.65 Å². The van der Waals surface area contributed by atoms with Crippen molar-refractivity contribution in [3.05, 3.63) is 35.8 Å². The van der Waals surface area contributed by atoms with Gasteiger partial charge in [-0.1, -0.05) is 6.07 Å². The molecule has 1 aliphatic heterocycles. The highest BCUT2D eigenvalue weighted by Gasteiger charge is 2.22. The van der Waals surface area contributed by atoms with E-state index in [2.05, 4.69) is 10.3 Å². The van der Waals surface area contributed by atoms with Crippen molar-refractivity contribution >= 4 is 11.7 Å². The van der Waals surface area contributed by atoms with E-state index in [0.717, 1.165) is 36.3 Å². The fourth-order valence-corrected chi connectivity index (χ4v) is 3.13. The SMILES string of the molecule is Cc1cccn2cc(CCNC(=O)N3CCCC(CO)C3)nc12. The van der Waals surface area contributed by atoms with Crippen LogP contribution >= 0.6 is 0 Å². The van der Waals surface area contributed by atoms with Gasteiger partial charge in [-0.2, -0.15) is 0 Å². The Labute approximate surface area is 136 Å². The Balaban J connectivity index is 1.52. The van der Waals surface area contributed by atoms with Crippen LogP contribution in [-0.4, -0.2) is 51.7 Å². The van der Waals surface area contributed by atoms with E-state index in [1.54, 1.807) is 4.90 Å². The Morgan fingerprint density at radius 3 is 3.17 bits per heavy atom. The molecule has 0 radical (unpaired) electrons. The molecule has 6 nitrogen and oxygen atoms in total. The predicted octanol–water partition coefficient (Wildman–Crippen LogP) is 1.60. The lowest BCUT2D eigenvalue weighted by atomic mass is 9.99. The van der Waals surface area contributed by atoms with E-state index in [-0.39, 0.29) is 18.6 Å². The fraction of sp³-hybridized carbons (Fsp3) is 0.529. The number of carbonyl (C=O) groups is 1. The lowest BCUT2D eigenvalue weighted by Gasteiger charge is -2.31. The molecule has 1 saturated heterocycles. The third-order valence-electron chi connectivity index (χ3n) is 4.45. The molecule has 1 fully saturated rings. The number of aromatic nitrogens is 2. The minimum Gasteiger partial charge on any atom is -0.396 e. The number of nitrogens with zero attached hydrogens (tertiary/aromatic N) is 3. The highest BCUT2D eigenvalue weighted by atomic mass is 16.3. The first-order valence-electron chi connectivity index (χ1n) is 8.24. The number of rotatable bonds is 4. The van der Waals surface area contributed by atoms with Crippen LogP contribution in [0.1, 0.15) is 24.1 Å². The van der Waals surface area contributed by atoms with Crippen LogP contribution in [0.4, 0.5) is 4.79 Å². The minimum atomic E-state index is -0.0388. The maximum Gasteiger partial charge on any atom is 0.317 e. The van der Waals surface area contributed by atoms with Gasteiger partial charge < -0.3 is 19.7 Å². The van der Waals surface area contributed by atoms with Crippen LogP contribution in [0.15, 0.2) is 24.5 Å². The number of hydrogen-bond donors (Lipinski definition) is 2. The van der Waals surface area contributed by atoms with Crippen molar-refractivity contribution in [3.8, 4) is 0 Å². The van der Waals surface area contributed by atoms with E-state index in [1.807, 2.05) is 35.9 Å². The van der Waals surface area contributed by atoms with Crippen molar-refractivity contribution in [1.82, 2.24) is 19.6 Å². The number of imidazole rings is 1. The van der Waals surface area contributed by atoms with Crippen LogP contribution in [-0.2, 0) is 6.42 Å². The summed E-state index contributed by atoms with van der Waals surface area (Å²) in [7, 11) is 0. The Morgan fingerprint density at radius 1 is 1.52 bits per heavy atom. The molecule has 1 unspecified atom stereocenters. The number of aliphatic hydroxyl groups excluding tert-OH is 1. The zero-order valence-corrected chi connectivity index (χ0v) is 13.5. The van der Waals surface area contributed by atoms with E-state index in [9.17, 15) is 9.90 Å². The molecule has 0 bridgehead atoms. The molecule has 2 amide bonds. The van der Waals surface area contributed by atoms with Crippen LogP contribution in [0.2, 0.25) is 0 Å². The van der Waals surface area contributed by atoms with Crippen molar-refractivity contribution in [3.63, 3.8) is 0 Å². The van der Waals surface area contributed by atoms with E-state index < -0.39 is 0 Å². The normalized spacial score (nSPS) is 18.3. The van der Waals surface area contributed by atoms with Crippen molar-refractivity contribution in [2.45, 2.75) is 26.2 Å². The number of nitrogens with one attached hydrogen (secondary N) is 1. The number of amides is 2. The Hall–Kier alpha value is -2.08. The topological polar surface area (TPSA) is 69.9 Å². The summed E-state index contributed by atoms with van der Waals surface area (Å²) >= 11 is 0. The minimum absolute atomic E-state index is 0.0388. The quantitative estimate of drug-likeness (QED) is 0.900. The molecular weight excluding hydrogens is 292 g/mol. The molecule has 2 aromatic heterocycles. The fourth-order valence-electron chi connectivity index (χ4n) is 3.13. The molecule has 6 heteroatoms. The van der Waals surface area contributed by atoms with Crippen LogP contribution in [0.3, 0.4) is 0 Å². The number of aliphatic hydroxyl groups is 1. The lowest BCUT2D eigenvalue weighted by molar-refractivity contribution is 0.129. The third kappa shape index (κ3) is 3.64. The van der Waals surface area contributed by atoms with Gasteiger partial charge in [0.2, 0.25) is 0 Å². The van der Waals surface area contributed by atoms with Crippen molar-refractivity contribution in [1.29, 1.82) is 0 Å². The zero-order chi connectivity index (χ0) is 16.2. The summed E-state index contributed by atoms with van der Waals surface area (Å²) in [6.45, 7) is 4.19. The van der Waals surface area contributed by atoms with Gasteiger partial charge in [0, 0.05) is 45.1 Å². The van der Waals surface area contributed by atoms with Crippen molar-refractivity contribution in [2.75, 3.05) is 26.2 Å². The van der Waals surface area contributed by atoms with Gasteiger partial charge in [-0.05, 0) is 37.3 Å². The number of hydrogen-bond acceptors (Lipinski definition) is 3. The second-order valence-electron chi connectivity index (χ2n) is 6.27. The summed E-state index contributed by atoms with van der Waals surface area (Å²) in [6.07, 6.45) is 6.67. The van der Waals surface area contributed by atoms with Gasteiger partial charge in [0.05, 0.1) is 5.69 Å². The molecule has 0 saturated carbocycles. The molecule has 1 aliphatic rings. The summed E-state index contributed by atoms with van der Waals surface area (Å²) in [5.41, 5.74) is 3.09. The van der Waals surface area contributed by atoms with Gasteiger partial charge in [0.15, 0.2) is 0 Å². The molecule has 2 aromatic rings. The summed E-state index contributed by atoms with van der Waals surface area (Å²) in [5.74, 6) is 0.218. The molecule has 0 spiro atoms. The maximum absolute atomic E-state index is 12.2. The van der Waals surface area contributed by atoms with E-state index in [1.165, 1.54) is 0 Å². The molecular formula is C17H24N4O2. The highest BCUT2D eigenvalue weighted by molar-refractivity contribution is 5.74. The summed E-state index contributed by atoms with van der Waals surface area (Å²) in [5, 5.41) is 12.2. The second kappa shape index (κ2) is 7.00. The number of urea groups is 1. The third-order valence-corrected chi connectivity index (χ3v) is 4.45. The molecule has 0 aliphatic carbocycles. The first kappa shape index (κ1) is 15.8. The predicted molar refractivity (Wildman–Crippen MR) is 88.4 cm³/mol. The van der Waals surface area contributed by atoms with E-state index in [0.29, 0.717) is 19.5 Å². The van der Waals surface area contributed by atoms with E-state index >= 15 is 0 Å². The van der Waals surface area contributed by atoms with Gasteiger partial charge in [0.1, 0.15) is 5.65 Å². The molecule has 3 heterocycles. The number of aryl methyl sites for hydroxylation is 1. The molecule has 124 valence electrons. The first-order valence-corrected chi connectivity index (χ1v) is 8.24. The van der Waals surface area contributed by atoms with Gasteiger partial charge in [0.25, 0.3) is 0 Å². The Kier molecular flexibility index (Phi) is 4.81. The summed E-state index contributed by atoms with van der Waals surface area (Å²) < 4.78 is 2.02. The number of pyridine rings is 1. The second-order valence-corrected chi connectivity index (χ2v) is 6.27. The van der Waals surface area contributed by atoms with Crippen LogP contribution in [0, 0.1) is 12.8 Å². The molecule has 2 N–H and O–H groups in total. The molecule has 1 atom stereocenters. The number of piperidine rings is 1. The van der Waals surface area contributed by atoms with Gasteiger partial charge in [-0.15, -0.1) is 0 Å².